The van der Waals surface area contributed by atoms with Crippen LogP contribution in [0.25, 0.3) is 121 Å². The molecule has 1 aliphatic carbocycles. The maximum Gasteiger partial charge on any atom is 0.139 e. The van der Waals surface area contributed by atoms with Crippen molar-refractivity contribution >= 4 is 110 Å². The Morgan fingerprint density at radius 3 is 1.24 bits per heavy atom. The van der Waals surface area contributed by atoms with Crippen molar-refractivity contribution in [3.05, 3.63) is 296 Å². The van der Waals surface area contributed by atoms with Crippen molar-refractivity contribution in [3.63, 3.8) is 0 Å². The van der Waals surface area contributed by atoms with Crippen LogP contribution >= 0.6 is 0 Å². The normalized spacial score (nSPS) is 15.2. The average molecular weight is 1500 g/mol. The number of hydrogen-bond donors (Lipinski definition) is 0. The number of rotatable bonds is 4. The zero-order chi connectivity index (χ0) is 92.5. The van der Waals surface area contributed by atoms with Crippen LogP contribution in [0.1, 0.15) is 249 Å². The third kappa shape index (κ3) is 15.8. The van der Waals surface area contributed by atoms with Gasteiger partial charge in [-0.3, -0.25) is 0 Å². The number of para-hydroxylation sites is 5. The molecule has 17 aromatic rings. The first-order valence-corrected chi connectivity index (χ1v) is 39.2. The second-order valence-corrected chi connectivity index (χ2v) is 35.7. The van der Waals surface area contributed by atoms with E-state index in [9.17, 15) is 0 Å². The summed E-state index contributed by atoms with van der Waals surface area (Å²) in [5.74, 6) is 0. The fraction of sp³-hybridized carbons (Fsp3) is 0.327. The minimum absolute atomic E-state index is 0.120. The van der Waals surface area contributed by atoms with E-state index >= 15 is 0 Å². The summed E-state index contributed by atoms with van der Waals surface area (Å²) in [6.07, 6.45) is -4.72. The molecule has 576 valence electrons. The number of hydrogen-bond acceptors (Lipinski definition) is 5. The topological polar surface area (TPSA) is 65.7 Å². The average Bonchev–Trinajstić information content (AvgIpc) is 1.61. The lowest BCUT2D eigenvalue weighted by Gasteiger charge is -2.23. The molecule has 5 heterocycles. The second kappa shape index (κ2) is 31.0. The highest BCUT2D eigenvalue weighted by Gasteiger charge is 2.29. The van der Waals surface area contributed by atoms with Gasteiger partial charge >= 0.3 is 0 Å². The molecule has 18 rings (SSSR count). The van der Waals surface area contributed by atoms with E-state index in [2.05, 4.69) is 134 Å². The molecule has 0 bridgehead atoms. The van der Waals surface area contributed by atoms with Crippen LogP contribution < -0.4 is 0 Å². The largest absolute Gasteiger partial charge is 0.456 e. The van der Waals surface area contributed by atoms with Crippen molar-refractivity contribution < 1.29 is 41.3 Å². The summed E-state index contributed by atoms with van der Waals surface area (Å²) < 4.78 is 143. The van der Waals surface area contributed by atoms with Crippen LogP contribution in [0.4, 0.5) is 0 Å². The number of benzene rings is 12. The molecule has 0 atom stereocenters. The third-order valence-electron chi connectivity index (χ3n) is 21.4. The van der Waals surface area contributed by atoms with Gasteiger partial charge in [-0.2, -0.15) is 0 Å². The third-order valence-corrected chi connectivity index (χ3v) is 21.4. The Hall–Kier alpha value is -10.4. The molecule has 0 unspecified atom stereocenters. The van der Waals surface area contributed by atoms with Crippen molar-refractivity contribution in [2.45, 2.75) is 230 Å². The molecule has 112 heavy (non-hydrogen) atoms. The van der Waals surface area contributed by atoms with E-state index < -0.39 is 39.2 Å². The molecule has 12 aromatic carbocycles. The van der Waals surface area contributed by atoms with Crippen LogP contribution in [0.15, 0.2) is 240 Å². The van der Waals surface area contributed by atoms with E-state index in [4.69, 9.17) is 41.3 Å². The predicted octanol–water partition coefficient (Wildman–Crippen LogP) is 31.8. The summed E-state index contributed by atoms with van der Waals surface area (Å²) in [5, 5.41) is 10.00. The lowest BCUT2D eigenvalue weighted by molar-refractivity contribution is 0.566. The van der Waals surface area contributed by atoms with Crippen LogP contribution in [0.3, 0.4) is 0 Å². The van der Waals surface area contributed by atoms with Gasteiger partial charge in [0, 0.05) is 78.6 Å². The highest BCUT2D eigenvalue weighted by Crippen LogP contribution is 2.45. The van der Waals surface area contributed by atoms with Crippen molar-refractivity contribution in [2.24, 2.45) is 0 Å². The van der Waals surface area contributed by atoms with Crippen LogP contribution in [-0.4, -0.2) is 0 Å². The Kier molecular flexibility index (Phi) is 17.5. The molecule has 0 radical (unpaired) electrons. The minimum atomic E-state index is -2.17. The maximum atomic E-state index is 8.26. The number of aryl methyl sites for hydroxylation is 6. The number of furan rings is 5. The van der Waals surface area contributed by atoms with Gasteiger partial charge in [-0.25, -0.2) is 0 Å². The summed E-state index contributed by atoms with van der Waals surface area (Å²) in [5.41, 5.74) is 21.1. The lowest BCUT2D eigenvalue weighted by atomic mass is 9.80. The molecule has 0 N–H and O–H groups in total. The van der Waals surface area contributed by atoms with Gasteiger partial charge in [-0.05, 0) is 216 Å². The van der Waals surface area contributed by atoms with E-state index in [1.54, 1.807) is 27.7 Å². The van der Waals surface area contributed by atoms with Crippen molar-refractivity contribution in [2.75, 3.05) is 0 Å². The van der Waals surface area contributed by atoms with E-state index in [0.717, 1.165) is 149 Å². The number of fused-ring (bicyclic) bond motifs is 18. The van der Waals surface area contributed by atoms with Crippen LogP contribution in [0.5, 0.6) is 0 Å². The van der Waals surface area contributed by atoms with Gasteiger partial charge in [0.1, 0.15) is 55.8 Å². The first-order chi connectivity index (χ1) is 58.1. The van der Waals surface area contributed by atoms with Gasteiger partial charge < -0.3 is 22.1 Å². The van der Waals surface area contributed by atoms with E-state index in [1.807, 2.05) is 209 Å². The molecular weight excluding hydrogens is 1370 g/mol. The molecule has 5 nitrogen and oxygen atoms in total. The SMILES string of the molecule is [2H]C([2H])(C)c1c(C(C)(C)C)ccc2c1oc1ccccc12.[2H]C([2H])(C)c1cc2oc3ccccc3c2cc1C(C)(C)C.[2H]C([2H])(C)c1ccc2c(oc3ccccc32)c1C(C)(C)C.[2H]C([2H])(C)c1ccc2oc3ccccc3c2c1C(C)(C)C.[2H]C([2H])([2H])c1c(C(C)(C)C)ccc2oc3ccccc3c12.[2H]C([2H])([2H])c1cc2c(cc1C(C)(C)C)Cc1ccccc1-2. The summed E-state index contributed by atoms with van der Waals surface area (Å²) in [6, 6.07) is 71.1. The first kappa shape index (κ1) is 63.2. The van der Waals surface area contributed by atoms with Gasteiger partial charge in [0.15, 0.2) is 0 Å². The van der Waals surface area contributed by atoms with E-state index in [0.29, 0.717) is 39.0 Å². The molecule has 5 aromatic heterocycles. The van der Waals surface area contributed by atoms with Crippen molar-refractivity contribution in [3.8, 4) is 11.1 Å². The lowest BCUT2D eigenvalue weighted by Crippen LogP contribution is -2.14. The molecule has 5 heteroatoms. The molecule has 1 aliphatic rings. The van der Waals surface area contributed by atoms with Crippen LogP contribution in [0.2, 0.25) is 0 Å². The molecule has 0 fully saturated rings. The van der Waals surface area contributed by atoms with E-state index in [1.165, 1.54) is 16.7 Å². The Labute approximate surface area is 685 Å². The summed E-state index contributed by atoms with van der Waals surface area (Å²) in [6.45, 7) is 39.8. The van der Waals surface area contributed by atoms with Gasteiger partial charge in [-0.1, -0.05) is 316 Å². The summed E-state index contributed by atoms with van der Waals surface area (Å²) in [4.78, 5) is 0. The highest BCUT2D eigenvalue weighted by molar-refractivity contribution is 6.10. The smallest absolute Gasteiger partial charge is 0.139 e. The van der Waals surface area contributed by atoms with Crippen LogP contribution in [-0.2, 0) is 64.4 Å². The fourth-order valence-electron chi connectivity index (χ4n) is 16.1. The van der Waals surface area contributed by atoms with Crippen LogP contribution in [0, 0.1) is 13.7 Å². The van der Waals surface area contributed by atoms with Gasteiger partial charge in [-0.15, -0.1) is 0 Å². The molecular formula is C107H118O5. The fourth-order valence-corrected chi connectivity index (χ4v) is 16.1. The van der Waals surface area contributed by atoms with Gasteiger partial charge in [0.2, 0.25) is 0 Å². The Morgan fingerprint density at radius 1 is 0.286 bits per heavy atom. The highest BCUT2D eigenvalue weighted by atomic mass is 16.3. The molecule has 0 saturated carbocycles. The molecule has 0 saturated heterocycles. The standard InChI is InChI=1S/4C18H20O.C18H20.C17H18O/c1-5-12-10-17-14(11-15(12)18(2,3)4)13-8-6-7-9-16(13)19-17;1-5-12-15(18(2,3)4)11-10-14-13-8-6-7-9-16(13)19-17(12)14;1-5-12-10-11-14-13-8-6-7-9-15(13)19-17(14)16(12)18(2,3)4;1-5-12-10-11-15-16(17(12)18(2,3)4)13-8-6-7-9-14(13)19-15;1-12-9-16-14(11-17(12)18(2,3)4)10-13-7-5-6-8-15(13)16;1-11-13(17(2,3)4)9-10-15-16(11)12-7-5-6-8-14(12)18-15/h4*6-11H,5H2,1-4H3;5-9,11H,10H2,1-4H3;5-10H,1-4H3/i4*5D2;2*1D3. The monoisotopic (exact) mass is 1500 g/mol. The molecule has 0 spiro atoms. The molecule has 0 aliphatic heterocycles. The molecule has 0 amide bonds. The minimum Gasteiger partial charge on any atom is -0.456 e. The zero-order valence-corrected chi connectivity index (χ0v) is 69.5. The maximum absolute atomic E-state index is 8.26. The summed E-state index contributed by atoms with van der Waals surface area (Å²) >= 11 is 0. The second-order valence-electron chi connectivity index (χ2n) is 35.7. The quantitative estimate of drug-likeness (QED) is 0.176. The Balaban J connectivity index is 0.000000130. The van der Waals surface area contributed by atoms with Crippen molar-refractivity contribution in [1.82, 2.24) is 0 Å². The Bertz CT molecular complexity index is 6600. The summed E-state index contributed by atoms with van der Waals surface area (Å²) in [7, 11) is 0. The Morgan fingerprint density at radius 2 is 0.714 bits per heavy atom. The van der Waals surface area contributed by atoms with Crippen molar-refractivity contribution in [1.29, 1.82) is 0 Å². The zero-order valence-electron chi connectivity index (χ0n) is 83.5. The van der Waals surface area contributed by atoms with E-state index in [-0.39, 0.29) is 32.5 Å². The predicted molar refractivity (Wildman–Crippen MR) is 482 cm³/mol. The van der Waals surface area contributed by atoms with Gasteiger partial charge in [0.25, 0.3) is 0 Å². The van der Waals surface area contributed by atoms with Gasteiger partial charge in [0.05, 0.1) is 0 Å². The first-order valence-electron chi connectivity index (χ1n) is 46.2.